The van der Waals surface area contributed by atoms with Gasteiger partial charge in [0.05, 0.1) is 11.3 Å². The van der Waals surface area contributed by atoms with Crippen LogP contribution in [0.1, 0.15) is 36.5 Å². The van der Waals surface area contributed by atoms with Crippen molar-refractivity contribution in [3.8, 4) is 6.07 Å². The van der Waals surface area contributed by atoms with Crippen LogP contribution in [0, 0.1) is 22.7 Å². The van der Waals surface area contributed by atoms with E-state index in [1.54, 1.807) is 6.92 Å². The third-order valence-corrected chi connectivity index (χ3v) is 7.13. The second-order valence-corrected chi connectivity index (χ2v) is 9.40. The molecule has 2 aliphatic carbocycles. The number of benzene rings is 2. The van der Waals surface area contributed by atoms with Gasteiger partial charge in [-0.1, -0.05) is 57.1 Å². The summed E-state index contributed by atoms with van der Waals surface area (Å²) in [6.07, 6.45) is 4.08. The van der Waals surface area contributed by atoms with Crippen LogP contribution in [-0.2, 0) is 17.6 Å². The number of hydrogen-bond donors (Lipinski definition) is 1. The van der Waals surface area contributed by atoms with E-state index in [2.05, 4.69) is 42.5 Å². The second-order valence-electron chi connectivity index (χ2n) is 7.72. The number of carbonyl (C=O) groups excluding carboxylic acids is 1. The highest BCUT2D eigenvalue weighted by molar-refractivity contribution is 7.48. The van der Waals surface area contributed by atoms with Gasteiger partial charge in [-0.15, -0.1) is 0 Å². The molecule has 0 amide bonds. The van der Waals surface area contributed by atoms with Gasteiger partial charge in [-0.05, 0) is 54.7 Å². The molecule has 1 atom stereocenters. The summed E-state index contributed by atoms with van der Waals surface area (Å²) in [6, 6.07) is 18.7. The number of allylic oxidation sites excluding steroid dienone is 2. The summed E-state index contributed by atoms with van der Waals surface area (Å²) in [4.78, 5) is 12.3. The van der Waals surface area contributed by atoms with Crippen LogP contribution < -0.4 is 5.30 Å². The number of nitrogens with zero attached hydrogens (tertiary/aromatic N) is 1. The predicted octanol–water partition coefficient (Wildman–Crippen LogP) is 4.34. The molecule has 1 N–H and O–H groups in total. The van der Waals surface area contributed by atoms with Crippen molar-refractivity contribution in [1.82, 2.24) is 0 Å². The molecule has 28 heavy (non-hydrogen) atoms. The maximum atomic E-state index is 12.3. The fourth-order valence-electron chi connectivity index (χ4n) is 3.88. The first-order valence-corrected chi connectivity index (χ1v) is 10.8. The maximum Gasteiger partial charge on any atom is 0.163 e. The lowest BCUT2D eigenvalue weighted by Gasteiger charge is -2.11. The number of hydrogen-bond acceptors (Lipinski definition) is 3. The van der Waals surface area contributed by atoms with E-state index in [4.69, 9.17) is 5.41 Å². The van der Waals surface area contributed by atoms with Crippen LogP contribution in [0.3, 0.4) is 0 Å². The van der Waals surface area contributed by atoms with Crippen molar-refractivity contribution in [3.05, 3.63) is 76.4 Å². The lowest BCUT2D eigenvalue weighted by molar-refractivity contribution is -0.116. The highest BCUT2D eigenvalue weighted by Crippen LogP contribution is 2.34. The predicted molar refractivity (Wildman–Crippen MR) is 115 cm³/mol. The number of ketones is 1. The summed E-state index contributed by atoms with van der Waals surface area (Å²) in [7, 11) is 0.734. The van der Waals surface area contributed by atoms with E-state index in [-0.39, 0.29) is 23.0 Å². The molecule has 0 aliphatic heterocycles. The number of carbonyl (C=O) groups is 1. The average Bonchev–Trinajstić information content (AvgIpc) is 3.48. The van der Waals surface area contributed by atoms with Crippen molar-refractivity contribution >= 4 is 25.4 Å². The lowest BCUT2D eigenvalue weighted by Crippen LogP contribution is -2.12. The summed E-state index contributed by atoms with van der Waals surface area (Å²) in [6.45, 7) is 1.68. The monoisotopic (exact) mass is 386 g/mol. The summed E-state index contributed by atoms with van der Waals surface area (Å²) in [5, 5.41) is 19.2. The van der Waals surface area contributed by atoms with Gasteiger partial charge in [0.2, 0.25) is 0 Å². The summed E-state index contributed by atoms with van der Waals surface area (Å²) >= 11 is 0. The summed E-state index contributed by atoms with van der Waals surface area (Å²) in [5.74, 6) is 0.0930. The quantitative estimate of drug-likeness (QED) is 0.347. The minimum Gasteiger partial charge on any atom is -0.299 e. The van der Waals surface area contributed by atoms with E-state index in [1.165, 1.54) is 16.4 Å². The summed E-state index contributed by atoms with van der Waals surface area (Å²) < 4.78 is 0. The molecule has 1 saturated carbocycles. The highest BCUT2D eigenvalue weighted by Gasteiger charge is 2.32. The van der Waals surface area contributed by atoms with Crippen LogP contribution in [-0.4, -0.2) is 17.2 Å². The van der Waals surface area contributed by atoms with Gasteiger partial charge in [0.15, 0.2) is 5.78 Å². The average molecular weight is 386 g/mol. The van der Waals surface area contributed by atoms with E-state index >= 15 is 0 Å². The zero-order valence-corrected chi connectivity index (χ0v) is 17.0. The topological polar surface area (TPSA) is 64.7 Å². The van der Waals surface area contributed by atoms with E-state index in [9.17, 15) is 10.1 Å². The van der Waals surface area contributed by atoms with Gasteiger partial charge in [-0.2, -0.15) is 5.26 Å². The van der Waals surface area contributed by atoms with Crippen molar-refractivity contribution in [1.29, 1.82) is 10.7 Å². The molecule has 2 aromatic rings. The molecule has 0 bridgehead atoms. The molecule has 2 aliphatic rings. The Morgan fingerprint density at radius 1 is 1.07 bits per heavy atom. The van der Waals surface area contributed by atoms with Crippen molar-refractivity contribution in [2.24, 2.45) is 5.92 Å². The Balaban J connectivity index is 1.46. The van der Waals surface area contributed by atoms with Crippen LogP contribution in [0.15, 0.2) is 59.7 Å². The minimum atomic E-state index is 0.0280. The molecule has 140 valence electrons. The van der Waals surface area contributed by atoms with Gasteiger partial charge in [-0.3, -0.25) is 10.2 Å². The molecule has 0 spiro atoms. The zero-order chi connectivity index (χ0) is 19.7. The normalized spacial score (nSPS) is 17.3. The van der Waals surface area contributed by atoms with E-state index < -0.39 is 0 Å². The third-order valence-electron chi connectivity index (χ3n) is 5.65. The Morgan fingerprint density at radius 3 is 2.21 bits per heavy atom. The number of nitriles is 1. The van der Waals surface area contributed by atoms with Crippen molar-refractivity contribution in [2.45, 2.75) is 38.3 Å². The number of Topliss-reactive ketones (excluding diaryl/α,β-unsaturated/α-hetero) is 1. The van der Waals surface area contributed by atoms with Gasteiger partial charge < -0.3 is 0 Å². The molecule has 4 heteroatoms. The third kappa shape index (κ3) is 3.84. The largest absolute Gasteiger partial charge is 0.299 e. The fraction of sp³-hybridized carbons (Fsp3) is 0.292. The molecule has 0 saturated heterocycles. The van der Waals surface area contributed by atoms with Crippen molar-refractivity contribution in [3.63, 3.8) is 0 Å². The fourth-order valence-corrected chi connectivity index (χ4v) is 5.35. The van der Waals surface area contributed by atoms with Crippen LogP contribution in [0.2, 0.25) is 0 Å². The van der Waals surface area contributed by atoms with E-state index in [1.807, 2.05) is 12.1 Å². The molecule has 0 aromatic heterocycles. The van der Waals surface area contributed by atoms with Gasteiger partial charge in [0, 0.05) is 17.1 Å². The first kappa shape index (κ1) is 18.8. The van der Waals surface area contributed by atoms with Crippen LogP contribution in [0.5, 0.6) is 0 Å². The maximum absolute atomic E-state index is 12.3. The molecular formula is C24H23N2OP. The summed E-state index contributed by atoms with van der Waals surface area (Å²) in [5.41, 5.74) is 5.08. The SMILES string of the molecule is C/C(C(=O)C1CC1)=C(/C#N)C(=N)c1ccc(PC2Cc3ccccc3C2)cc1. The number of nitrogens with one attached hydrogen (secondary N) is 1. The standard InChI is InChI=1S/C24H23N2OP/c1-15(24(27)17-6-7-17)22(14-25)23(26)16-8-10-20(11-9-16)28-21-12-18-4-2-3-5-19(18)13-21/h2-5,8-11,17,21,26,28H,6-7,12-13H2,1H3/b22-15+,26-23?. The molecule has 1 fully saturated rings. The Kier molecular flexibility index (Phi) is 5.25. The van der Waals surface area contributed by atoms with Crippen molar-refractivity contribution in [2.75, 3.05) is 0 Å². The van der Waals surface area contributed by atoms with Crippen LogP contribution >= 0.6 is 8.58 Å². The Labute approximate surface area is 167 Å². The molecule has 2 aromatic carbocycles. The minimum absolute atomic E-state index is 0.0280. The van der Waals surface area contributed by atoms with Crippen molar-refractivity contribution < 1.29 is 4.79 Å². The van der Waals surface area contributed by atoms with Gasteiger partial charge in [-0.25, -0.2) is 0 Å². The lowest BCUT2D eigenvalue weighted by atomic mass is 9.96. The molecule has 4 rings (SSSR count). The Bertz CT molecular complexity index is 985. The first-order chi connectivity index (χ1) is 13.6. The molecule has 0 radical (unpaired) electrons. The number of fused-ring (bicyclic) bond motifs is 1. The Morgan fingerprint density at radius 2 is 1.68 bits per heavy atom. The second kappa shape index (κ2) is 7.82. The number of rotatable bonds is 6. The van der Waals surface area contributed by atoms with Gasteiger partial charge in [0.1, 0.15) is 6.07 Å². The molecular weight excluding hydrogens is 363 g/mol. The smallest absolute Gasteiger partial charge is 0.163 e. The van der Waals surface area contributed by atoms with Gasteiger partial charge >= 0.3 is 0 Å². The van der Waals surface area contributed by atoms with E-state index in [0.29, 0.717) is 16.8 Å². The Hall–Kier alpha value is -2.56. The highest BCUT2D eigenvalue weighted by atomic mass is 31.1. The molecule has 3 nitrogen and oxygen atoms in total. The first-order valence-electron chi connectivity index (χ1n) is 9.74. The molecule has 0 heterocycles. The van der Waals surface area contributed by atoms with Crippen LogP contribution in [0.25, 0.3) is 0 Å². The molecule has 1 unspecified atom stereocenters. The van der Waals surface area contributed by atoms with Crippen LogP contribution in [0.4, 0.5) is 0 Å². The van der Waals surface area contributed by atoms with Gasteiger partial charge in [0.25, 0.3) is 0 Å². The van der Waals surface area contributed by atoms with E-state index in [0.717, 1.165) is 34.3 Å². The zero-order valence-electron chi connectivity index (χ0n) is 16.0.